The van der Waals surface area contributed by atoms with Crippen molar-refractivity contribution in [2.45, 2.75) is 32.2 Å². The first-order valence-corrected chi connectivity index (χ1v) is 8.60. The van der Waals surface area contributed by atoms with Crippen molar-refractivity contribution in [3.8, 4) is 0 Å². The molecule has 1 aliphatic rings. The molecule has 0 aliphatic carbocycles. The Hall–Kier alpha value is -2.13. The molecular weight excluding hydrogens is 296 g/mol. The number of nitrogens with zero attached hydrogens (tertiary/aromatic N) is 2. The summed E-state index contributed by atoms with van der Waals surface area (Å²) in [5.41, 5.74) is 1.99. The van der Waals surface area contributed by atoms with Crippen LogP contribution in [0.3, 0.4) is 0 Å². The summed E-state index contributed by atoms with van der Waals surface area (Å²) in [5.74, 6) is -0.781. The zero-order valence-electron chi connectivity index (χ0n) is 16.9. The second-order valence-electron chi connectivity index (χ2n) is 6.32. The molecular formula is C21H26N2O. The van der Waals surface area contributed by atoms with Crippen LogP contribution in [0.5, 0.6) is 0 Å². The summed E-state index contributed by atoms with van der Waals surface area (Å²) >= 11 is 0. The molecule has 0 aromatic heterocycles. The Morgan fingerprint density at radius 3 is 2.33 bits per heavy atom. The Labute approximate surface area is 149 Å². The van der Waals surface area contributed by atoms with Gasteiger partial charge in [-0.2, -0.15) is 0 Å². The van der Waals surface area contributed by atoms with Crippen molar-refractivity contribution in [3.63, 3.8) is 0 Å². The summed E-state index contributed by atoms with van der Waals surface area (Å²) in [4.78, 5) is 16.5. The van der Waals surface area contributed by atoms with Crippen LogP contribution in [0.15, 0.2) is 60.7 Å². The normalized spacial score (nSPS) is 18.4. The molecule has 0 bridgehead atoms. The third-order valence-electron chi connectivity index (χ3n) is 4.73. The smallest absolute Gasteiger partial charge is 0.224 e. The van der Waals surface area contributed by atoms with Crippen molar-refractivity contribution >= 4 is 11.6 Å². The molecule has 0 unspecified atom stereocenters. The molecule has 2 aromatic rings. The van der Waals surface area contributed by atoms with E-state index in [1.165, 1.54) is 10.5 Å². The fourth-order valence-electron chi connectivity index (χ4n) is 3.42. The fourth-order valence-corrected chi connectivity index (χ4v) is 3.42. The van der Waals surface area contributed by atoms with E-state index in [2.05, 4.69) is 29.2 Å². The van der Waals surface area contributed by atoms with Gasteiger partial charge in [0.25, 0.3) is 0 Å². The van der Waals surface area contributed by atoms with E-state index in [0.717, 1.165) is 38.9 Å². The Bertz CT molecular complexity index is 726. The SMILES string of the molecule is [2H]C([2H])([2H])C(=O)N(c1ccccc1)C1CCN(CCc2ccccc2)CC1. The number of hydrogen-bond acceptors (Lipinski definition) is 2. The van der Waals surface area contributed by atoms with Crippen LogP contribution in [-0.2, 0) is 11.2 Å². The first kappa shape index (κ1) is 13.2. The Balaban J connectivity index is 1.63. The van der Waals surface area contributed by atoms with Gasteiger partial charge in [-0.15, -0.1) is 0 Å². The molecule has 0 N–H and O–H groups in total. The van der Waals surface area contributed by atoms with E-state index < -0.39 is 12.8 Å². The van der Waals surface area contributed by atoms with E-state index >= 15 is 0 Å². The summed E-state index contributed by atoms with van der Waals surface area (Å²) in [6, 6.07) is 19.5. The topological polar surface area (TPSA) is 23.6 Å². The lowest BCUT2D eigenvalue weighted by molar-refractivity contribution is -0.117. The first-order chi connectivity index (χ1) is 12.9. The number of likely N-dealkylation sites (tertiary alicyclic amines) is 1. The van der Waals surface area contributed by atoms with Crippen molar-refractivity contribution in [1.29, 1.82) is 0 Å². The van der Waals surface area contributed by atoms with Gasteiger partial charge in [0.15, 0.2) is 0 Å². The molecule has 1 heterocycles. The minimum Gasteiger partial charge on any atom is -0.310 e. The number of benzene rings is 2. The number of carbonyl (C=O) groups excluding carboxylic acids is 1. The molecule has 126 valence electrons. The molecule has 0 spiro atoms. The predicted octanol–water partition coefficient (Wildman–Crippen LogP) is 3.75. The summed E-state index contributed by atoms with van der Waals surface area (Å²) < 4.78 is 22.7. The third-order valence-corrected chi connectivity index (χ3v) is 4.73. The molecule has 3 rings (SSSR count). The molecule has 0 radical (unpaired) electrons. The number of rotatable bonds is 5. The van der Waals surface area contributed by atoms with Crippen LogP contribution in [0, 0.1) is 0 Å². The predicted molar refractivity (Wildman–Crippen MR) is 99.2 cm³/mol. The molecule has 3 heteroatoms. The van der Waals surface area contributed by atoms with E-state index in [-0.39, 0.29) is 6.04 Å². The summed E-state index contributed by atoms with van der Waals surface area (Å²) in [6.45, 7) is 0.0970. The van der Waals surface area contributed by atoms with Crippen molar-refractivity contribution in [2.24, 2.45) is 0 Å². The molecule has 1 fully saturated rings. The average molecular weight is 325 g/mol. The Kier molecular flexibility index (Phi) is 4.46. The molecule has 3 nitrogen and oxygen atoms in total. The largest absolute Gasteiger partial charge is 0.310 e. The van der Waals surface area contributed by atoms with Crippen LogP contribution in [0.25, 0.3) is 0 Å². The highest BCUT2D eigenvalue weighted by atomic mass is 16.2. The highest BCUT2D eigenvalue weighted by Crippen LogP contribution is 2.24. The molecule has 0 saturated carbocycles. The molecule has 2 aromatic carbocycles. The van der Waals surface area contributed by atoms with Gasteiger partial charge in [0.2, 0.25) is 5.91 Å². The van der Waals surface area contributed by atoms with Gasteiger partial charge in [-0.1, -0.05) is 48.5 Å². The van der Waals surface area contributed by atoms with Crippen LogP contribution in [0.4, 0.5) is 5.69 Å². The van der Waals surface area contributed by atoms with Gasteiger partial charge in [-0.05, 0) is 37.0 Å². The lowest BCUT2D eigenvalue weighted by atomic mass is 10.0. The minimum atomic E-state index is -2.62. The van der Waals surface area contributed by atoms with Gasteiger partial charge < -0.3 is 9.80 Å². The molecule has 1 saturated heterocycles. The van der Waals surface area contributed by atoms with Gasteiger partial charge in [0.05, 0.1) is 0 Å². The maximum Gasteiger partial charge on any atom is 0.224 e. The average Bonchev–Trinajstić information content (AvgIpc) is 2.68. The van der Waals surface area contributed by atoms with E-state index in [9.17, 15) is 4.79 Å². The standard InChI is InChI=1S/C21H26N2O/c1-18(24)23(20-10-6-3-7-11-20)21-13-16-22(17-14-21)15-12-19-8-4-2-5-9-19/h2-11,21H,12-17H2,1H3/i1D3. The van der Waals surface area contributed by atoms with E-state index in [4.69, 9.17) is 4.11 Å². The highest BCUT2D eigenvalue weighted by molar-refractivity contribution is 5.92. The monoisotopic (exact) mass is 325 g/mol. The number of amides is 1. The van der Waals surface area contributed by atoms with Crippen molar-refractivity contribution in [2.75, 3.05) is 24.5 Å². The van der Waals surface area contributed by atoms with Crippen LogP contribution in [-0.4, -0.2) is 36.5 Å². The van der Waals surface area contributed by atoms with Crippen LogP contribution < -0.4 is 4.90 Å². The lowest BCUT2D eigenvalue weighted by Gasteiger charge is -2.38. The van der Waals surface area contributed by atoms with Gasteiger partial charge in [-0.3, -0.25) is 4.79 Å². The number of hydrogen-bond donors (Lipinski definition) is 0. The molecule has 0 atom stereocenters. The maximum absolute atomic E-state index is 12.6. The van der Waals surface area contributed by atoms with Gasteiger partial charge in [-0.25, -0.2) is 0 Å². The first-order valence-electron chi connectivity index (χ1n) is 10.1. The fraction of sp³-hybridized carbons (Fsp3) is 0.381. The zero-order valence-corrected chi connectivity index (χ0v) is 13.9. The quantitative estimate of drug-likeness (QED) is 0.836. The lowest BCUT2D eigenvalue weighted by Crippen LogP contribution is -2.47. The second-order valence-corrected chi connectivity index (χ2v) is 6.32. The van der Waals surface area contributed by atoms with Crippen LogP contribution >= 0.6 is 0 Å². The van der Waals surface area contributed by atoms with Crippen molar-refractivity contribution < 1.29 is 8.91 Å². The number of piperidine rings is 1. The number of carbonyl (C=O) groups is 1. The van der Waals surface area contributed by atoms with Gasteiger partial charge >= 0.3 is 0 Å². The van der Waals surface area contributed by atoms with E-state index in [1.807, 2.05) is 36.4 Å². The van der Waals surface area contributed by atoms with Gasteiger partial charge in [0, 0.05) is 42.3 Å². The maximum atomic E-state index is 12.6. The van der Waals surface area contributed by atoms with E-state index in [1.54, 1.807) is 0 Å². The Morgan fingerprint density at radius 2 is 1.71 bits per heavy atom. The number of para-hydroxylation sites is 1. The van der Waals surface area contributed by atoms with Crippen molar-refractivity contribution in [3.05, 3.63) is 66.2 Å². The van der Waals surface area contributed by atoms with Crippen LogP contribution in [0.1, 0.15) is 29.4 Å². The Morgan fingerprint density at radius 1 is 1.08 bits per heavy atom. The second kappa shape index (κ2) is 8.11. The number of anilines is 1. The molecule has 24 heavy (non-hydrogen) atoms. The third kappa shape index (κ3) is 4.24. The summed E-state index contributed by atoms with van der Waals surface area (Å²) in [7, 11) is 0. The highest BCUT2D eigenvalue weighted by Gasteiger charge is 2.27. The molecule has 1 amide bonds. The van der Waals surface area contributed by atoms with E-state index in [0.29, 0.717) is 5.69 Å². The van der Waals surface area contributed by atoms with Crippen molar-refractivity contribution in [1.82, 2.24) is 4.90 Å². The zero-order chi connectivity index (χ0) is 19.3. The summed E-state index contributed by atoms with van der Waals surface area (Å²) in [5, 5.41) is 0. The summed E-state index contributed by atoms with van der Waals surface area (Å²) in [6.07, 6.45) is 2.57. The minimum absolute atomic E-state index is 0.0756. The molecule has 1 aliphatic heterocycles. The van der Waals surface area contributed by atoms with Gasteiger partial charge in [0.1, 0.15) is 0 Å². The van der Waals surface area contributed by atoms with Crippen LogP contribution in [0.2, 0.25) is 0 Å².